The Bertz CT molecular complexity index is 634. The summed E-state index contributed by atoms with van der Waals surface area (Å²) in [5.74, 6) is -0.443. The lowest BCUT2D eigenvalue weighted by atomic mass is 9.95. The molecule has 1 heterocycles. The molecule has 0 saturated carbocycles. The Kier molecular flexibility index (Phi) is 4.32. The Morgan fingerprint density at radius 3 is 2.48 bits per heavy atom. The van der Waals surface area contributed by atoms with Crippen molar-refractivity contribution in [2.75, 3.05) is 5.73 Å². The summed E-state index contributed by atoms with van der Waals surface area (Å²) >= 11 is 0.382. The molecule has 7 heteroatoms. The number of ketones is 1. The molecule has 2 N–H and O–H groups in total. The van der Waals surface area contributed by atoms with E-state index in [-0.39, 0.29) is 23.0 Å². The topological polar surface area (TPSA) is 56.0 Å². The van der Waals surface area contributed by atoms with E-state index in [1.807, 2.05) is 6.92 Å². The van der Waals surface area contributed by atoms with Gasteiger partial charge in [-0.2, -0.15) is 13.2 Å². The molecular weight excluding hydrogens is 301 g/mol. The number of halogens is 3. The van der Waals surface area contributed by atoms with Crippen LogP contribution in [0, 0.1) is 0 Å². The Hall–Kier alpha value is -1.89. The van der Waals surface area contributed by atoms with Gasteiger partial charge in [0.2, 0.25) is 0 Å². The molecular formula is C14H13F3N2OS. The minimum Gasteiger partial charge on any atom is -0.399 e. The van der Waals surface area contributed by atoms with E-state index in [9.17, 15) is 18.0 Å². The molecule has 1 atom stereocenters. The van der Waals surface area contributed by atoms with Crippen LogP contribution in [0.4, 0.5) is 18.9 Å². The molecule has 2 aromatic rings. The third-order valence-electron chi connectivity index (χ3n) is 3.02. The minimum atomic E-state index is -4.51. The molecule has 0 aliphatic rings. The number of nitrogens with zero attached hydrogens (tertiary/aromatic N) is 1. The number of rotatable bonds is 4. The fourth-order valence-electron chi connectivity index (χ4n) is 1.86. The van der Waals surface area contributed by atoms with E-state index in [2.05, 4.69) is 4.98 Å². The van der Waals surface area contributed by atoms with Gasteiger partial charge in [0.1, 0.15) is 0 Å². The van der Waals surface area contributed by atoms with Gasteiger partial charge in [-0.15, -0.1) is 11.3 Å². The Morgan fingerprint density at radius 2 is 1.95 bits per heavy atom. The Morgan fingerprint density at radius 1 is 1.33 bits per heavy atom. The van der Waals surface area contributed by atoms with Gasteiger partial charge >= 0.3 is 6.18 Å². The number of aromatic nitrogens is 1. The number of carbonyl (C=O) groups is 1. The van der Waals surface area contributed by atoms with E-state index >= 15 is 0 Å². The number of nitrogens with two attached hydrogens (primary N) is 1. The van der Waals surface area contributed by atoms with Gasteiger partial charge in [0, 0.05) is 18.3 Å². The fraction of sp³-hybridized carbons (Fsp3) is 0.286. The zero-order chi connectivity index (χ0) is 15.6. The number of hydrogen-bond donors (Lipinski definition) is 1. The van der Waals surface area contributed by atoms with E-state index in [4.69, 9.17) is 5.73 Å². The third kappa shape index (κ3) is 3.81. The quantitative estimate of drug-likeness (QED) is 0.682. The van der Waals surface area contributed by atoms with Crippen LogP contribution in [0.5, 0.6) is 0 Å². The van der Waals surface area contributed by atoms with Gasteiger partial charge < -0.3 is 5.73 Å². The molecule has 2 rings (SSSR count). The summed E-state index contributed by atoms with van der Waals surface area (Å²) in [6, 6.07) is 7.07. The molecule has 1 aromatic carbocycles. The predicted molar refractivity (Wildman–Crippen MR) is 75.3 cm³/mol. The Balaban J connectivity index is 2.07. The van der Waals surface area contributed by atoms with Crippen molar-refractivity contribution < 1.29 is 18.0 Å². The van der Waals surface area contributed by atoms with Gasteiger partial charge in [0.15, 0.2) is 10.8 Å². The highest BCUT2D eigenvalue weighted by Gasteiger charge is 2.35. The zero-order valence-corrected chi connectivity index (χ0v) is 12.0. The molecule has 0 fully saturated rings. The molecule has 0 radical (unpaired) electrons. The largest absolute Gasteiger partial charge is 0.443 e. The van der Waals surface area contributed by atoms with E-state index in [0.717, 1.165) is 11.8 Å². The molecule has 0 aliphatic carbocycles. The molecule has 112 valence electrons. The average molecular weight is 314 g/mol. The average Bonchev–Trinajstić information content (AvgIpc) is 2.88. The second-order valence-electron chi connectivity index (χ2n) is 4.72. The van der Waals surface area contributed by atoms with Crippen molar-refractivity contribution in [2.24, 2.45) is 0 Å². The van der Waals surface area contributed by atoms with Gasteiger partial charge in [-0.1, -0.05) is 19.1 Å². The predicted octanol–water partition coefficient (Wildman–Crippen LogP) is 4.12. The van der Waals surface area contributed by atoms with Crippen LogP contribution >= 0.6 is 11.3 Å². The number of Topliss-reactive ketones (excluding diaryl/α,β-unsaturated/α-hetero) is 1. The van der Waals surface area contributed by atoms with Crippen LogP contribution in [0.2, 0.25) is 0 Å². The number of alkyl halides is 3. The van der Waals surface area contributed by atoms with Crippen molar-refractivity contribution in [3.8, 4) is 0 Å². The highest BCUT2D eigenvalue weighted by molar-refractivity contribution is 7.13. The van der Waals surface area contributed by atoms with Gasteiger partial charge in [0.05, 0.1) is 4.88 Å². The van der Waals surface area contributed by atoms with Crippen molar-refractivity contribution >= 4 is 22.8 Å². The maximum absolute atomic E-state index is 12.5. The van der Waals surface area contributed by atoms with E-state index < -0.39 is 11.2 Å². The molecule has 0 saturated heterocycles. The number of benzene rings is 1. The first-order chi connectivity index (χ1) is 9.77. The standard InChI is InChI=1S/C14H13F3N2OS/c1-8(9-2-4-10(18)5-3-9)6-11(20)12-7-19-13(21-12)14(15,16)17/h2-5,7-8H,6,18H2,1H3. The summed E-state index contributed by atoms with van der Waals surface area (Å²) in [5.41, 5.74) is 7.12. The summed E-state index contributed by atoms with van der Waals surface area (Å²) in [4.78, 5) is 15.3. The maximum atomic E-state index is 12.5. The first-order valence-corrected chi connectivity index (χ1v) is 7.00. The second kappa shape index (κ2) is 5.85. The fourth-order valence-corrected chi connectivity index (χ4v) is 2.59. The first kappa shape index (κ1) is 15.5. The van der Waals surface area contributed by atoms with E-state index in [1.54, 1.807) is 24.3 Å². The van der Waals surface area contributed by atoms with Gasteiger partial charge in [-0.05, 0) is 23.6 Å². The molecule has 21 heavy (non-hydrogen) atoms. The van der Waals surface area contributed by atoms with Gasteiger partial charge in [0.25, 0.3) is 0 Å². The van der Waals surface area contributed by atoms with Gasteiger partial charge in [-0.25, -0.2) is 4.98 Å². The summed E-state index contributed by atoms with van der Waals surface area (Å²) in [7, 11) is 0. The van der Waals surface area contributed by atoms with E-state index in [1.165, 1.54) is 0 Å². The first-order valence-electron chi connectivity index (χ1n) is 6.19. The highest BCUT2D eigenvalue weighted by Crippen LogP contribution is 2.33. The summed E-state index contributed by atoms with van der Waals surface area (Å²) in [5, 5.41) is -0.994. The molecule has 0 aliphatic heterocycles. The van der Waals surface area contributed by atoms with Crippen LogP contribution < -0.4 is 5.73 Å². The molecule has 0 bridgehead atoms. The van der Waals surface area contributed by atoms with Crippen molar-refractivity contribution in [1.82, 2.24) is 4.98 Å². The van der Waals surface area contributed by atoms with Crippen LogP contribution in [0.1, 0.15) is 39.5 Å². The monoisotopic (exact) mass is 314 g/mol. The third-order valence-corrected chi connectivity index (χ3v) is 4.10. The van der Waals surface area contributed by atoms with Crippen molar-refractivity contribution in [1.29, 1.82) is 0 Å². The van der Waals surface area contributed by atoms with Gasteiger partial charge in [-0.3, -0.25) is 4.79 Å². The number of thiazole rings is 1. The van der Waals surface area contributed by atoms with Crippen LogP contribution in [-0.2, 0) is 6.18 Å². The number of anilines is 1. The van der Waals surface area contributed by atoms with Crippen molar-refractivity contribution in [3.63, 3.8) is 0 Å². The van der Waals surface area contributed by atoms with Crippen molar-refractivity contribution in [3.05, 3.63) is 45.9 Å². The number of nitrogen functional groups attached to an aromatic ring is 1. The van der Waals surface area contributed by atoms with Crippen LogP contribution in [0.15, 0.2) is 30.5 Å². The van der Waals surface area contributed by atoms with E-state index in [0.29, 0.717) is 17.0 Å². The summed E-state index contributed by atoms with van der Waals surface area (Å²) < 4.78 is 37.4. The molecule has 0 amide bonds. The molecule has 1 aromatic heterocycles. The normalized spacial score (nSPS) is 13.1. The zero-order valence-electron chi connectivity index (χ0n) is 11.1. The lowest BCUT2D eigenvalue weighted by molar-refractivity contribution is -0.137. The maximum Gasteiger partial charge on any atom is 0.443 e. The SMILES string of the molecule is CC(CC(=O)c1cnc(C(F)(F)F)s1)c1ccc(N)cc1. The van der Waals surface area contributed by atoms with Crippen LogP contribution in [-0.4, -0.2) is 10.8 Å². The highest BCUT2D eigenvalue weighted by atomic mass is 32.1. The number of hydrogen-bond acceptors (Lipinski definition) is 4. The van der Waals surface area contributed by atoms with Crippen LogP contribution in [0.25, 0.3) is 0 Å². The lowest BCUT2D eigenvalue weighted by Crippen LogP contribution is -2.04. The molecule has 0 spiro atoms. The summed E-state index contributed by atoms with van der Waals surface area (Å²) in [6.07, 6.45) is -3.39. The molecule has 1 unspecified atom stereocenters. The number of carbonyl (C=O) groups excluding carboxylic acids is 1. The Labute approximate surface area is 123 Å². The minimum absolute atomic E-state index is 0.0321. The molecule has 3 nitrogen and oxygen atoms in total. The van der Waals surface area contributed by atoms with Crippen LogP contribution in [0.3, 0.4) is 0 Å². The second-order valence-corrected chi connectivity index (χ2v) is 5.75. The summed E-state index contributed by atoms with van der Waals surface area (Å²) in [6.45, 7) is 1.84. The smallest absolute Gasteiger partial charge is 0.399 e. The lowest BCUT2D eigenvalue weighted by Gasteiger charge is -2.10. The van der Waals surface area contributed by atoms with Crippen molar-refractivity contribution in [2.45, 2.75) is 25.4 Å².